The van der Waals surface area contributed by atoms with Crippen LogP contribution in [0, 0.1) is 0 Å². The van der Waals surface area contributed by atoms with Crippen LogP contribution in [0.3, 0.4) is 0 Å². The summed E-state index contributed by atoms with van der Waals surface area (Å²) in [5.74, 6) is 0.775. The maximum absolute atomic E-state index is 13.0. The molecule has 0 aliphatic carbocycles. The number of aromatic nitrogens is 6. The number of nitrogens with zero attached hydrogens (tertiary/aromatic N) is 6. The average molecular weight is 452 g/mol. The molecule has 0 fully saturated rings. The third-order valence-electron chi connectivity index (χ3n) is 5.72. The molecular weight excluding hydrogens is 426 g/mol. The van der Waals surface area contributed by atoms with E-state index in [0.29, 0.717) is 23.0 Å². The predicted molar refractivity (Wildman–Crippen MR) is 131 cm³/mol. The van der Waals surface area contributed by atoms with Crippen molar-refractivity contribution in [2.24, 2.45) is 0 Å². The lowest BCUT2D eigenvalue weighted by molar-refractivity contribution is 0.102. The molecule has 0 unspecified atom stereocenters. The molecule has 170 valence electrons. The number of aryl methyl sites for hydroxylation is 2. The number of carbonyl (C=O) groups is 1. The number of carbonyl (C=O) groups excluding carboxylic acids is 1. The Morgan fingerprint density at radius 2 is 1.91 bits per heavy atom. The number of benzene rings is 1. The zero-order valence-corrected chi connectivity index (χ0v) is 19.1. The fourth-order valence-electron chi connectivity index (χ4n) is 3.91. The van der Waals surface area contributed by atoms with Gasteiger partial charge in [0.1, 0.15) is 23.5 Å². The summed E-state index contributed by atoms with van der Waals surface area (Å²) in [6.07, 6.45) is 6.36. The van der Waals surface area contributed by atoms with Crippen molar-refractivity contribution in [2.75, 3.05) is 5.32 Å². The Hall–Kier alpha value is -4.33. The van der Waals surface area contributed by atoms with Gasteiger partial charge in [0.25, 0.3) is 5.91 Å². The summed E-state index contributed by atoms with van der Waals surface area (Å²) in [5.41, 5.74) is 3.23. The molecule has 8 heteroatoms. The third-order valence-corrected chi connectivity index (χ3v) is 5.72. The molecule has 0 saturated carbocycles. The van der Waals surface area contributed by atoms with Crippen molar-refractivity contribution >= 4 is 22.6 Å². The van der Waals surface area contributed by atoms with E-state index < -0.39 is 0 Å². The van der Waals surface area contributed by atoms with Crippen molar-refractivity contribution in [1.82, 2.24) is 29.3 Å². The average Bonchev–Trinajstić information content (AvgIpc) is 3.51. The van der Waals surface area contributed by atoms with E-state index in [1.165, 1.54) is 5.56 Å². The summed E-state index contributed by atoms with van der Waals surface area (Å²) in [7, 11) is 0. The normalized spacial score (nSPS) is 11.3. The van der Waals surface area contributed by atoms with Crippen molar-refractivity contribution in [2.45, 2.75) is 32.9 Å². The highest BCUT2D eigenvalue weighted by Crippen LogP contribution is 2.21. The van der Waals surface area contributed by atoms with E-state index in [0.717, 1.165) is 23.9 Å². The highest BCUT2D eigenvalue weighted by atomic mass is 16.1. The molecule has 34 heavy (non-hydrogen) atoms. The maximum atomic E-state index is 13.0. The van der Waals surface area contributed by atoms with Gasteiger partial charge in [-0.1, -0.05) is 36.4 Å². The Labute approximate surface area is 197 Å². The monoisotopic (exact) mass is 451 g/mol. The van der Waals surface area contributed by atoms with Crippen LogP contribution in [0.2, 0.25) is 0 Å². The Bertz CT molecular complexity index is 1440. The lowest BCUT2D eigenvalue weighted by Gasteiger charge is -2.11. The Morgan fingerprint density at radius 1 is 1.06 bits per heavy atom. The van der Waals surface area contributed by atoms with Gasteiger partial charge in [0.05, 0.1) is 5.52 Å². The van der Waals surface area contributed by atoms with Crippen LogP contribution >= 0.6 is 0 Å². The molecule has 0 spiro atoms. The molecule has 0 aliphatic heterocycles. The summed E-state index contributed by atoms with van der Waals surface area (Å²) < 4.78 is 4.09. The van der Waals surface area contributed by atoms with Gasteiger partial charge in [-0.2, -0.15) is 0 Å². The number of pyridine rings is 2. The van der Waals surface area contributed by atoms with E-state index in [4.69, 9.17) is 0 Å². The Morgan fingerprint density at radius 3 is 2.74 bits per heavy atom. The van der Waals surface area contributed by atoms with Crippen molar-refractivity contribution in [3.05, 3.63) is 90.6 Å². The zero-order valence-electron chi connectivity index (χ0n) is 19.1. The van der Waals surface area contributed by atoms with Crippen molar-refractivity contribution < 1.29 is 4.79 Å². The Kier molecular flexibility index (Phi) is 5.86. The van der Waals surface area contributed by atoms with Crippen molar-refractivity contribution in [1.29, 1.82) is 0 Å². The van der Waals surface area contributed by atoms with Crippen LogP contribution in [0.4, 0.5) is 5.82 Å². The molecule has 0 saturated heterocycles. The molecule has 4 heterocycles. The Balaban J connectivity index is 1.35. The van der Waals surface area contributed by atoms with Crippen LogP contribution in [0.5, 0.6) is 0 Å². The largest absolute Gasteiger partial charge is 0.347 e. The van der Waals surface area contributed by atoms with Gasteiger partial charge in [-0.05, 0) is 50.1 Å². The molecule has 4 aromatic heterocycles. The standard InChI is InChI=1S/C26H25N7O/c1-18(2)33-17-28-31-25(33)21-9-6-10-24(29-21)30-26(34)22-15-23-20(16-27-22)12-14-32(23)13-11-19-7-4-3-5-8-19/h3-10,12,14-18H,11,13H2,1-2H3,(H,29,30,34). The number of hydrogen-bond acceptors (Lipinski definition) is 5. The van der Waals surface area contributed by atoms with Crippen LogP contribution in [0.25, 0.3) is 22.4 Å². The number of hydrogen-bond donors (Lipinski definition) is 1. The summed E-state index contributed by atoms with van der Waals surface area (Å²) in [6.45, 7) is 4.92. The van der Waals surface area contributed by atoms with Crippen LogP contribution in [0.1, 0.15) is 35.9 Å². The second-order valence-corrected chi connectivity index (χ2v) is 8.39. The number of nitrogens with one attached hydrogen (secondary N) is 1. The minimum Gasteiger partial charge on any atom is -0.347 e. The van der Waals surface area contributed by atoms with Crippen LogP contribution in [-0.2, 0) is 13.0 Å². The number of fused-ring (bicyclic) bond motifs is 1. The van der Waals surface area contributed by atoms with Crippen molar-refractivity contribution in [3.63, 3.8) is 0 Å². The fourth-order valence-corrected chi connectivity index (χ4v) is 3.91. The molecule has 0 atom stereocenters. The summed E-state index contributed by atoms with van der Waals surface area (Å²) >= 11 is 0. The van der Waals surface area contributed by atoms with Crippen LogP contribution in [0.15, 0.2) is 79.4 Å². The maximum Gasteiger partial charge on any atom is 0.275 e. The molecule has 1 amide bonds. The van der Waals surface area contributed by atoms with Gasteiger partial charge in [-0.3, -0.25) is 9.78 Å². The number of amides is 1. The molecule has 0 bridgehead atoms. The first-order chi connectivity index (χ1) is 16.6. The first-order valence-corrected chi connectivity index (χ1v) is 11.3. The van der Waals surface area contributed by atoms with E-state index in [2.05, 4.69) is 56.0 Å². The number of anilines is 1. The van der Waals surface area contributed by atoms with E-state index in [9.17, 15) is 4.79 Å². The highest BCUT2D eigenvalue weighted by Gasteiger charge is 2.14. The lowest BCUT2D eigenvalue weighted by Crippen LogP contribution is -2.15. The van der Waals surface area contributed by atoms with Gasteiger partial charge >= 0.3 is 0 Å². The van der Waals surface area contributed by atoms with Gasteiger partial charge < -0.3 is 14.5 Å². The molecule has 1 aromatic carbocycles. The summed E-state index contributed by atoms with van der Waals surface area (Å²) in [4.78, 5) is 21.9. The number of rotatable bonds is 7. The van der Waals surface area contributed by atoms with E-state index in [1.54, 1.807) is 18.6 Å². The first kappa shape index (κ1) is 21.5. The van der Waals surface area contributed by atoms with E-state index >= 15 is 0 Å². The minimum absolute atomic E-state index is 0.194. The lowest BCUT2D eigenvalue weighted by atomic mass is 10.1. The van der Waals surface area contributed by atoms with Crippen LogP contribution in [-0.4, -0.2) is 35.2 Å². The molecule has 5 aromatic rings. The third kappa shape index (κ3) is 4.43. The topological polar surface area (TPSA) is 90.5 Å². The molecule has 0 aliphatic rings. The van der Waals surface area contributed by atoms with Gasteiger partial charge in [0.2, 0.25) is 0 Å². The van der Waals surface area contributed by atoms with E-state index in [1.807, 2.05) is 53.2 Å². The summed E-state index contributed by atoms with van der Waals surface area (Å²) in [6, 6.07) is 19.8. The molecule has 5 rings (SSSR count). The van der Waals surface area contributed by atoms with Gasteiger partial charge in [-0.25, -0.2) is 4.98 Å². The van der Waals surface area contributed by atoms with Gasteiger partial charge in [0.15, 0.2) is 5.82 Å². The second kappa shape index (κ2) is 9.27. The molecule has 8 nitrogen and oxygen atoms in total. The predicted octanol–water partition coefficient (Wildman–Crippen LogP) is 4.77. The molecular formula is C26H25N7O. The quantitative estimate of drug-likeness (QED) is 0.385. The second-order valence-electron chi connectivity index (χ2n) is 8.39. The van der Waals surface area contributed by atoms with Crippen molar-refractivity contribution in [3.8, 4) is 11.5 Å². The SMILES string of the molecule is CC(C)n1cnnc1-c1cccc(NC(=O)c2cc3c(ccn3CCc3ccccc3)cn2)n1. The zero-order chi connectivity index (χ0) is 23.5. The highest BCUT2D eigenvalue weighted by molar-refractivity contribution is 6.04. The smallest absolute Gasteiger partial charge is 0.275 e. The van der Waals surface area contributed by atoms with E-state index in [-0.39, 0.29) is 11.9 Å². The van der Waals surface area contributed by atoms with Gasteiger partial charge in [-0.15, -0.1) is 10.2 Å². The minimum atomic E-state index is -0.312. The molecule has 1 N–H and O–H groups in total. The molecule has 0 radical (unpaired) electrons. The first-order valence-electron chi connectivity index (χ1n) is 11.3. The fraction of sp³-hybridized carbons (Fsp3) is 0.192. The van der Waals surface area contributed by atoms with Crippen LogP contribution < -0.4 is 5.32 Å². The van der Waals surface area contributed by atoms with Gasteiger partial charge in [0, 0.05) is 30.4 Å². The summed E-state index contributed by atoms with van der Waals surface area (Å²) in [5, 5.41) is 12.0.